The van der Waals surface area contributed by atoms with Gasteiger partial charge in [-0.2, -0.15) is 0 Å². The van der Waals surface area contributed by atoms with Crippen molar-refractivity contribution in [2.45, 2.75) is 36.6 Å². The van der Waals surface area contributed by atoms with Crippen LogP contribution in [-0.2, 0) is 0 Å². The normalized spacial score (nSPS) is 10.8. The first-order chi connectivity index (χ1) is 9.58. The maximum Gasteiger partial charge on any atom is 0.134 e. The topological polar surface area (TPSA) is 37.8 Å². The molecule has 0 bridgehead atoms. The summed E-state index contributed by atoms with van der Waals surface area (Å²) < 4.78 is 13.2. The summed E-state index contributed by atoms with van der Waals surface area (Å²) in [6.07, 6.45) is 0. The second-order valence-corrected chi connectivity index (χ2v) is 5.79. The maximum absolute atomic E-state index is 13.2. The highest BCUT2D eigenvalue weighted by molar-refractivity contribution is 7.99. The molecule has 5 heteroatoms. The molecule has 1 aromatic carbocycles. The Bertz CT molecular complexity index is 587. The Balaban J connectivity index is 2.30. The average Bonchev–Trinajstić information content (AvgIpc) is 2.38. The minimum Gasteiger partial charge on any atom is -0.370 e. The standard InChI is InChI=1S/C15H18FN3S/c1-4-17-13-9-14(19-15(18-13)10(2)3)20-12-7-5-6-11(16)8-12/h5-10H,4H2,1-3H3,(H,17,18,19). The lowest BCUT2D eigenvalue weighted by Gasteiger charge is -2.10. The van der Waals surface area contributed by atoms with Gasteiger partial charge in [-0.05, 0) is 25.1 Å². The van der Waals surface area contributed by atoms with Gasteiger partial charge in [0.1, 0.15) is 22.5 Å². The van der Waals surface area contributed by atoms with Crippen LogP contribution in [-0.4, -0.2) is 16.5 Å². The highest BCUT2D eigenvalue weighted by atomic mass is 32.2. The molecule has 2 aromatic rings. The molecule has 0 spiro atoms. The van der Waals surface area contributed by atoms with Gasteiger partial charge in [0, 0.05) is 23.4 Å². The van der Waals surface area contributed by atoms with E-state index in [1.54, 1.807) is 6.07 Å². The van der Waals surface area contributed by atoms with Gasteiger partial charge >= 0.3 is 0 Å². The first-order valence-corrected chi connectivity index (χ1v) is 7.46. The van der Waals surface area contributed by atoms with Gasteiger partial charge in [-0.1, -0.05) is 31.7 Å². The van der Waals surface area contributed by atoms with E-state index >= 15 is 0 Å². The molecule has 3 nitrogen and oxygen atoms in total. The highest BCUT2D eigenvalue weighted by Crippen LogP contribution is 2.28. The maximum atomic E-state index is 13.2. The van der Waals surface area contributed by atoms with Crippen molar-refractivity contribution >= 4 is 17.6 Å². The zero-order valence-corrected chi connectivity index (χ0v) is 12.7. The van der Waals surface area contributed by atoms with Crippen molar-refractivity contribution in [2.75, 3.05) is 11.9 Å². The minimum atomic E-state index is -0.236. The van der Waals surface area contributed by atoms with Crippen LogP contribution in [0.2, 0.25) is 0 Å². The quantitative estimate of drug-likeness (QED) is 0.832. The van der Waals surface area contributed by atoms with Gasteiger partial charge < -0.3 is 5.32 Å². The van der Waals surface area contributed by atoms with Gasteiger partial charge in [0.15, 0.2) is 0 Å². The number of anilines is 1. The zero-order chi connectivity index (χ0) is 14.5. The molecule has 0 aliphatic rings. The third-order valence-electron chi connectivity index (χ3n) is 2.61. The summed E-state index contributed by atoms with van der Waals surface area (Å²) in [5.74, 6) is 1.62. The van der Waals surface area contributed by atoms with Gasteiger partial charge in [0.25, 0.3) is 0 Å². The number of halogens is 1. The predicted molar refractivity (Wildman–Crippen MR) is 80.8 cm³/mol. The average molecular weight is 291 g/mol. The van der Waals surface area contributed by atoms with E-state index in [1.165, 1.54) is 23.9 Å². The van der Waals surface area contributed by atoms with Gasteiger partial charge in [0.05, 0.1) is 0 Å². The molecular weight excluding hydrogens is 273 g/mol. The second-order valence-electron chi connectivity index (χ2n) is 4.69. The lowest BCUT2D eigenvalue weighted by atomic mass is 10.2. The van der Waals surface area contributed by atoms with Crippen LogP contribution in [0.4, 0.5) is 10.2 Å². The molecule has 106 valence electrons. The van der Waals surface area contributed by atoms with Crippen molar-refractivity contribution in [1.82, 2.24) is 9.97 Å². The van der Waals surface area contributed by atoms with Gasteiger partial charge in [0.2, 0.25) is 0 Å². The monoisotopic (exact) mass is 291 g/mol. The molecule has 0 aliphatic carbocycles. The van der Waals surface area contributed by atoms with Crippen LogP contribution in [0.25, 0.3) is 0 Å². The van der Waals surface area contributed by atoms with Crippen LogP contribution in [0.15, 0.2) is 40.3 Å². The number of aromatic nitrogens is 2. The molecule has 0 atom stereocenters. The molecule has 1 N–H and O–H groups in total. The fourth-order valence-corrected chi connectivity index (χ4v) is 2.55. The van der Waals surface area contributed by atoms with Crippen LogP contribution in [0.3, 0.4) is 0 Å². The number of rotatable bonds is 5. The summed E-state index contributed by atoms with van der Waals surface area (Å²) in [7, 11) is 0. The fourth-order valence-electron chi connectivity index (χ4n) is 1.68. The van der Waals surface area contributed by atoms with Crippen LogP contribution < -0.4 is 5.32 Å². The molecule has 0 unspecified atom stereocenters. The Morgan fingerprint density at radius 2 is 2.05 bits per heavy atom. The van der Waals surface area contributed by atoms with Crippen LogP contribution in [0.1, 0.15) is 32.5 Å². The van der Waals surface area contributed by atoms with Crippen molar-refractivity contribution in [2.24, 2.45) is 0 Å². The molecular formula is C15H18FN3S. The highest BCUT2D eigenvalue weighted by Gasteiger charge is 2.09. The number of hydrogen-bond donors (Lipinski definition) is 1. The summed E-state index contributed by atoms with van der Waals surface area (Å²) in [5.41, 5.74) is 0. The Morgan fingerprint density at radius 3 is 2.70 bits per heavy atom. The van der Waals surface area contributed by atoms with Crippen molar-refractivity contribution in [3.63, 3.8) is 0 Å². The molecule has 0 aliphatic heterocycles. The lowest BCUT2D eigenvalue weighted by Crippen LogP contribution is -2.05. The van der Waals surface area contributed by atoms with Gasteiger partial charge in [-0.25, -0.2) is 14.4 Å². The molecule has 20 heavy (non-hydrogen) atoms. The first-order valence-electron chi connectivity index (χ1n) is 6.64. The van der Waals surface area contributed by atoms with E-state index in [0.29, 0.717) is 0 Å². The molecule has 0 saturated heterocycles. The number of benzene rings is 1. The Morgan fingerprint density at radius 1 is 1.25 bits per heavy atom. The largest absolute Gasteiger partial charge is 0.370 e. The zero-order valence-electron chi connectivity index (χ0n) is 11.9. The van der Waals surface area contributed by atoms with Crippen molar-refractivity contribution in [3.8, 4) is 0 Å². The summed E-state index contributed by atoms with van der Waals surface area (Å²) in [4.78, 5) is 9.84. The van der Waals surface area contributed by atoms with E-state index < -0.39 is 0 Å². The molecule has 1 heterocycles. The Labute approximate surface area is 123 Å². The number of nitrogens with zero attached hydrogens (tertiary/aromatic N) is 2. The fraction of sp³-hybridized carbons (Fsp3) is 0.333. The molecule has 1 aromatic heterocycles. The molecule has 2 rings (SSSR count). The van der Waals surface area contributed by atoms with Gasteiger partial charge in [-0.15, -0.1) is 0 Å². The SMILES string of the molecule is CCNc1cc(Sc2cccc(F)c2)nc(C(C)C)n1. The summed E-state index contributed by atoms with van der Waals surface area (Å²) in [5, 5.41) is 4.03. The molecule has 0 saturated carbocycles. The Kier molecular flexibility index (Phi) is 4.95. The van der Waals surface area contributed by atoms with Crippen LogP contribution in [0, 0.1) is 5.82 Å². The lowest BCUT2D eigenvalue weighted by molar-refractivity contribution is 0.624. The Hall–Kier alpha value is -1.62. The van der Waals surface area contributed by atoms with E-state index in [4.69, 9.17) is 0 Å². The first kappa shape index (κ1) is 14.8. The van der Waals surface area contributed by atoms with E-state index in [2.05, 4.69) is 29.1 Å². The molecule has 0 amide bonds. The summed E-state index contributed by atoms with van der Waals surface area (Å²) in [6.45, 7) is 6.94. The number of nitrogens with one attached hydrogen (secondary N) is 1. The predicted octanol–water partition coefficient (Wildman–Crippen LogP) is 4.32. The van der Waals surface area contributed by atoms with Gasteiger partial charge in [-0.3, -0.25) is 0 Å². The van der Waals surface area contributed by atoms with E-state index in [-0.39, 0.29) is 11.7 Å². The van der Waals surface area contributed by atoms with Crippen molar-refractivity contribution in [1.29, 1.82) is 0 Å². The van der Waals surface area contributed by atoms with E-state index in [0.717, 1.165) is 28.1 Å². The molecule has 0 fully saturated rings. The number of hydrogen-bond acceptors (Lipinski definition) is 4. The summed E-state index contributed by atoms with van der Waals surface area (Å²) in [6, 6.07) is 8.42. The minimum absolute atomic E-state index is 0.236. The third kappa shape index (κ3) is 3.93. The van der Waals surface area contributed by atoms with Crippen molar-refractivity contribution < 1.29 is 4.39 Å². The van der Waals surface area contributed by atoms with Crippen LogP contribution >= 0.6 is 11.8 Å². The summed E-state index contributed by atoms with van der Waals surface area (Å²) >= 11 is 1.44. The van der Waals surface area contributed by atoms with E-state index in [1.807, 2.05) is 19.1 Å². The van der Waals surface area contributed by atoms with E-state index in [9.17, 15) is 4.39 Å². The second kappa shape index (κ2) is 6.70. The van der Waals surface area contributed by atoms with Crippen LogP contribution in [0.5, 0.6) is 0 Å². The smallest absolute Gasteiger partial charge is 0.134 e. The van der Waals surface area contributed by atoms with Crippen molar-refractivity contribution in [3.05, 3.63) is 42.0 Å². The third-order valence-corrected chi connectivity index (χ3v) is 3.52. The molecule has 0 radical (unpaired) electrons.